The molecule has 4 aliphatic rings. The van der Waals surface area contributed by atoms with Gasteiger partial charge in [0.25, 0.3) is 5.91 Å². The predicted molar refractivity (Wildman–Crippen MR) is 139 cm³/mol. The summed E-state index contributed by atoms with van der Waals surface area (Å²) in [5.41, 5.74) is -1.69. The van der Waals surface area contributed by atoms with E-state index in [0.29, 0.717) is 43.8 Å². The lowest BCUT2D eigenvalue weighted by Gasteiger charge is -2.37. The maximum Gasteiger partial charge on any atom is 0.313 e. The summed E-state index contributed by atoms with van der Waals surface area (Å²) in [5, 5.41) is 9.12. The van der Waals surface area contributed by atoms with Gasteiger partial charge in [-0.1, -0.05) is 37.1 Å². The fourth-order valence-electron chi connectivity index (χ4n) is 6.47. The highest BCUT2D eigenvalue weighted by atomic mass is 16.6. The van der Waals surface area contributed by atoms with E-state index in [2.05, 4.69) is 0 Å². The van der Waals surface area contributed by atoms with Gasteiger partial charge >= 0.3 is 5.97 Å². The number of fused-ring (bicyclic) bond motifs is 2. The predicted octanol–water partition coefficient (Wildman–Crippen LogP) is 2.62. The Hall–Kier alpha value is -3.17. The molecule has 0 radical (unpaired) electrons. The van der Waals surface area contributed by atoms with Gasteiger partial charge in [-0.15, -0.1) is 0 Å². The second kappa shape index (κ2) is 10.5. The number of aliphatic hydroxyl groups is 1. The Morgan fingerprint density at radius 1 is 1.00 bits per heavy atom. The highest BCUT2D eigenvalue weighted by Crippen LogP contribution is 2.57. The van der Waals surface area contributed by atoms with Gasteiger partial charge in [-0.05, 0) is 50.5 Å². The van der Waals surface area contributed by atoms with Crippen LogP contribution >= 0.6 is 0 Å². The third-order valence-corrected chi connectivity index (χ3v) is 8.21. The number of rotatable bonds is 8. The summed E-state index contributed by atoms with van der Waals surface area (Å²) in [4.78, 5) is 45.1. The van der Waals surface area contributed by atoms with Crippen molar-refractivity contribution in [1.29, 1.82) is 0 Å². The molecule has 1 aromatic carbocycles. The summed E-state index contributed by atoms with van der Waals surface area (Å²) in [6.07, 6.45) is 11.1. The number of carbonyl (C=O) groups excluding carboxylic acids is 3. The number of anilines is 1. The quantitative estimate of drug-likeness (QED) is 0.317. The summed E-state index contributed by atoms with van der Waals surface area (Å²) in [6.45, 7) is 2.84. The molecule has 9 nitrogen and oxygen atoms in total. The van der Waals surface area contributed by atoms with Crippen molar-refractivity contribution in [3.63, 3.8) is 0 Å². The molecule has 4 aliphatic heterocycles. The Kier molecular flexibility index (Phi) is 7.33. The van der Waals surface area contributed by atoms with Crippen molar-refractivity contribution in [3.05, 3.63) is 48.6 Å². The van der Waals surface area contributed by atoms with Gasteiger partial charge in [0.15, 0.2) is 0 Å². The number of benzene rings is 1. The lowest BCUT2D eigenvalue weighted by atomic mass is 9.74. The van der Waals surface area contributed by atoms with E-state index in [1.807, 2.05) is 43.4 Å². The van der Waals surface area contributed by atoms with Crippen LogP contribution in [0.3, 0.4) is 0 Å². The van der Waals surface area contributed by atoms with Gasteiger partial charge in [0.05, 0.1) is 25.2 Å². The number of hydrogen-bond acceptors (Lipinski definition) is 7. The molecule has 1 aromatic rings. The van der Waals surface area contributed by atoms with Gasteiger partial charge in [-0.2, -0.15) is 0 Å². The summed E-state index contributed by atoms with van der Waals surface area (Å²) in [6, 6.07) is 6.31. The molecule has 204 valence electrons. The second-order valence-corrected chi connectivity index (χ2v) is 10.6. The standard InChI is InChI=1S/C29H36N2O7/c1-28-14-5-8-19-37-27(35)23(28)22-25(33)31(16-6-3-4-7-18-32)24-26(34)30(17-9-15-29(22,24)38-28)20-10-12-21(36-2)13-11-20/h5,9-15,22-24,32H,3-4,6-8,16-19H2,1-2H3/t22-,23-,24?,28+,29-/m0/s1. The minimum atomic E-state index is -1.30. The lowest BCUT2D eigenvalue weighted by molar-refractivity contribution is -0.159. The molecular formula is C29H36N2O7. The van der Waals surface area contributed by atoms with Crippen LogP contribution in [-0.4, -0.2) is 78.4 Å². The minimum Gasteiger partial charge on any atom is -0.497 e. The lowest BCUT2D eigenvalue weighted by Crippen LogP contribution is -2.56. The van der Waals surface area contributed by atoms with E-state index in [4.69, 9.17) is 19.3 Å². The molecule has 2 fully saturated rings. The zero-order chi connectivity index (χ0) is 26.9. The first-order chi connectivity index (χ1) is 18.4. The molecule has 5 atom stereocenters. The topological polar surface area (TPSA) is 106 Å². The fraction of sp³-hybridized carbons (Fsp3) is 0.552. The number of cyclic esters (lactones) is 1. The first kappa shape index (κ1) is 26.4. The molecule has 9 heteroatoms. The zero-order valence-electron chi connectivity index (χ0n) is 22.0. The van der Waals surface area contributed by atoms with Gasteiger partial charge < -0.3 is 29.1 Å². The van der Waals surface area contributed by atoms with Gasteiger partial charge in [0, 0.05) is 25.4 Å². The van der Waals surface area contributed by atoms with Crippen LogP contribution in [0.1, 0.15) is 39.0 Å². The van der Waals surface area contributed by atoms with E-state index >= 15 is 0 Å². The second-order valence-electron chi connectivity index (χ2n) is 10.6. The highest BCUT2D eigenvalue weighted by molar-refractivity contribution is 6.05. The Labute approximate surface area is 223 Å². The summed E-state index contributed by atoms with van der Waals surface area (Å²) in [5.74, 6) is -2.03. The molecule has 5 rings (SSSR count). The summed E-state index contributed by atoms with van der Waals surface area (Å²) < 4.78 is 17.6. The van der Waals surface area contributed by atoms with E-state index in [1.54, 1.807) is 29.0 Å². The van der Waals surface area contributed by atoms with Crippen LogP contribution in [0.5, 0.6) is 5.75 Å². The molecule has 0 aliphatic carbocycles. The van der Waals surface area contributed by atoms with E-state index in [0.717, 1.165) is 12.8 Å². The molecule has 2 amide bonds. The minimum absolute atomic E-state index is 0.125. The van der Waals surface area contributed by atoms with Gasteiger partial charge in [0.1, 0.15) is 23.3 Å². The van der Waals surface area contributed by atoms with Crippen LogP contribution in [0, 0.1) is 11.8 Å². The Morgan fingerprint density at radius 2 is 1.76 bits per heavy atom. The molecule has 0 saturated carbocycles. The average Bonchev–Trinajstić information content (AvgIpc) is 3.22. The van der Waals surface area contributed by atoms with E-state index < -0.39 is 35.0 Å². The zero-order valence-corrected chi connectivity index (χ0v) is 22.0. The van der Waals surface area contributed by atoms with Crippen LogP contribution in [-0.2, 0) is 23.9 Å². The molecule has 1 spiro atoms. The van der Waals surface area contributed by atoms with Crippen molar-refractivity contribution in [3.8, 4) is 5.75 Å². The average molecular weight is 525 g/mol. The van der Waals surface area contributed by atoms with Crippen LogP contribution in [0.2, 0.25) is 0 Å². The highest BCUT2D eigenvalue weighted by Gasteiger charge is 2.74. The van der Waals surface area contributed by atoms with Crippen molar-refractivity contribution in [2.24, 2.45) is 11.8 Å². The Morgan fingerprint density at radius 3 is 2.50 bits per heavy atom. The fourth-order valence-corrected chi connectivity index (χ4v) is 6.47. The Bertz CT molecular complexity index is 1130. The number of ether oxygens (including phenoxy) is 3. The number of esters is 1. The van der Waals surface area contributed by atoms with E-state index in [9.17, 15) is 14.4 Å². The SMILES string of the molecule is COc1ccc(N2CC=C[C@]34O[C@]5(C)C=CCCOC(=O)[C@@H]5[C@H]3C(=O)N(CCCCCCO)C4C2=O)cc1. The number of methoxy groups -OCH3 is 1. The van der Waals surface area contributed by atoms with Crippen molar-refractivity contribution in [2.45, 2.75) is 56.3 Å². The number of likely N-dealkylation sites (tertiary alicyclic amines) is 1. The number of carbonyl (C=O) groups is 3. The van der Waals surface area contributed by atoms with Gasteiger partial charge in [-0.3, -0.25) is 14.4 Å². The maximum absolute atomic E-state index is 14.4. The summed E-state index contributed by atoms with van der Waals surface area (Å²) in [7, 11) is 1.59. The maximum atomic E-state index is 14.4. The van der Waals surface area contributed by atoms with Crippen molar-refractivity contribution >= 4 is 23.5 Å². The molecule has 1 N–H and O–H groups in total. The number of nitrogens with zero attached hydrogens (tertiary/aromatic N) is 2. The number of hydrogen-bond donors (Lipinski definition) is 1. The Balaban J connectivity index is 1.55. The van der Waals surface area contributed by atoms with Crippen LogP contribution in [0.4, 0.5) is 5.69 Å². The smallest absolute Gasteiger partial charge is 0.313 e. The molecule has 0 bridgehead atoms. The normalized spacial score (nSPS) is 32.3. The largest absolute Gasteiger partial charge is 0.497 e. The molecule has 1 unspecified atom stereocenters. The number of amides is 2. The third-order valence-electron chi connectivity index (χ3n) is 8.21. The molecule has 4 heterocycles. The molecule has 38 heavy (non-hydrogen) atoms. The number of unbranched alkanes of at least 4 members (excludes halogenated alkanes) is 3. The van der Waals surface area contributed by atoms with Crippen molar-refractivity contribution < 1.29 is 33.7 Å². The van der Waals surface area contributed by atoms with Crippen LogP contribution in [0.25, 0.3) is 0 Å². The van der Waals surface area contributed by atoms with Crippen molar-refractivity contribution in [1.82, 2.24) is 4.90 Å². The van der Waals surface area contributed by atoms with Crippen LogP contribution in [0.15, 0.2) is 48.6 Å². The van der Waals surface area contributed by atoms with Gasteiger partial charge in [-0.25, -0.2) is 0 Å². The van der Waals surface area contributed by atoms with E-state index in [-0.39, 0.29) is 25.0 Å². The monoisotopic (exact) mass is 524 g/mol. The van der Waals surface area contributed by atoms with Crippen LogP contribution < -0.4 is 9.64 Å². The first-order valence-corrected chi connectivity index (χ1v) is 13.5. The van der Waals surface area contributed by atoms with Gasteiger partial charge in [0.2, 0.25) is 5.91 Å². The molecule has 2 saturated heterocycles. The van der Waals surface area contributed by atoms with Crippen molar-refractivity contribution in [2.75, 3.05) is 38.3 Å². The first-order valence-electron chi connectivity index (χ1n) is 13.5. The molecule has 0 aromatic heterocycles. The number of aliphatic hydroxyl groups excluding tert-OH is 1. The van der Waals surface area contributed by atoms with E-state index in [1.165, 1.54) is 0 Å². The third kappa shape index (κ3) is 4.31. The summed E-state index contributed by atoms with van der Waals surface area (Å²) >= 11 is 0. The molecular weight excluding hydrogens is 488 g/mol.